The Morgan fingerprint density at radius 3 is 2.59 bits per heavy atom. The van der Waals surface area contributed by atoms with Crippen molar-refractivity contribution in [2.24, 2.45) is 5.73 Å². The molecule has 94 valence electrons. The first kappa shape index (κ1) is 13.6. The Kier molecular flexibility index (Phi) is 5.63. The summed E-state index contributed by atoms with van der Waals surface area (Å²) < 4.78 is 0. The lowest BCUT2D eigenvalue weighted by Gasteiger charge is -2.24. The van der Waals surface area contributed by atoms with Crippen LogP contribution in [0.2, 0.25) is 0 Å². The zero-order valence-electron chi connectivity index (χ0n) is 10.6. The fraction of sp³-hybridized carbons (Fsp3) is 0.538. The van der Waals surface area contributed by atoms with Crippen LogP contribution in [-0.4, -0.2) is 28.4 Å². The highest BCUT2D eigenvalue weighted by atomic mass is 16.2. The van der Waals surface area contributed by atoms with E-state index in [1.54, 1.807) is 17.3 Å². The third-order valence-electron chi connectivity index (χ3n) is 2.73. The van der Waals surface area contributed by atoms with Crippen LogP contribution in [0.25, 0.3) is 0 Å². The highest BCUT2D eigenvalue weighted by Gasteiger charge is 2.18. The first-order chi connectivity index (χ1) is 8.19. The van der Waals surface area contributed by atoms with Gasteiger partial charge in [0.1, 0.15) is 0 Å². The van der Waals surface area contributed by atoms with Crippen LogP contribution in [-0.2, 0) is 11.3 Å². The molecule has 1 aromatic heterocycles. The Labute approximate surface area is 103 Å². The molecule has 0 unspecified atom stereocenters. The van der Waals surface area contributed by atoms with Gasteiger partial charge in [-0.3, -0.25) is 9.78 Å². The first-order valence-electron chi connectivity index (χ1n) is 6.12. The average molecular weight is 235 g/mol. The van der Waals surface area contributed by atoms with Crippen molar-refractivity contribution in [3.05, 3.63) is 30.1 Å². The third kappa shape index (κ3) is 4.15. The highest BCUT2D eigenvalue weighted by Crippen LogP contribution is 2.06. The number of likely N-dealkylation sites (N-methyl/N-ethyl adjacent to an activating group) is 1. The van der Waals surface area contributed by atoms with E-state index in [4.69, 9.17) is 5.73 Å². The van der Waals surface area contributed by atoms with Gasteiger partial charge in [0.15, 0.2) is 0 Å². The van der Waals surface area contributed by atoms with Gasteiger partial charge in [-0.1, -0.05) is 13.3 Å². The predicted octanol–water partition coefficient (Wildman–Crippen LogP) is 1.56. The molecular formula is C13H21N3O. The quantitative estimate of drug-likeness (QED) is 0.814. The van der Waals surface area contributed by atoms with E-state index in [0.29, 0.717) is 13.1 Å². The summed E-state index contributed by atoms with van der Waals surface area (Å²) in [6, 6.07) is 3.46. The van der Waals surface area contributed by atoms with E-state index in [-0.39, 0.29) is 11.9 Å². The molecule has 0 saturated carbocycles. The van der Waals surface area contributed by atoms with Crippen molar-refractivity contribution in [2.45, 2.75) is 39.3 Å². The molecule has 0 aliphatic rings. The molecule has 2 N–H and O–H groups in total. The van der Waals surface area contributed by atoms with Gasteiger partial charge in [-0.05, 0) is 31.0 Å². The SMILES string of the molecule is CCC[C@H](N)C(=O)N(CC)Cc1ccncc1. The number of carbonyl (C=O) groups is 1. The summed E-state index contributed by atoms with van der Waals surface area (Å²) >= 11 is 0. The van der Waals surface area contributed by atoms with Crippen molar-refractivity contribution in [3.63, 3.8) is 0 Å². The summed E-state index contributed by atoms with van der Waals surface area (Å²) in [7, 11) is 0. The molecule has 1 aromatic rings. The molecule has 0 aliphatic heterocycles. The van der Waals surface area contributed by atoms with E-state index < -0.39 is 0 Å². The predicted molar refractivity (Wildman–Crippen MR) is 68.2 cm³/mol. The molecule has 4 nitrogen and oxygen atoms in total. The number of nitrogens with zero attached hydrogens (tertiary/aromatic N) is 2. The summed E-state index contributed by atoms with van der Waals surface area (Å²) in [5, 5.41) is 0. The minimum Gasteiger partial charge on any atom is -0.337 e. The average Bonchev–Trinajstić information content (AvgIpc) is 2.36. The lowest BCUT2D eigenvalue weighted by atomic mass is 10.1. The maximum absolute atomic E-state index is 12.1. The molecule has 0 fully saturated rings. The second kappa shape index (κ2) is 7.01. The van der Waals surface area contributed by atoms with Gasteiger partial charge in [-0.15, -0.1) is 0 Å². The number of aromatic nitrogens is 1. The van der Waals surface area contributed by atoms with Gasteiger partial charge >= 0.3 is 0 Å². The number of amides is 1. The molecule has 1 atom stereocenters. The van der Waals surface area contributed by atoms with Crippen molar-refractivity contribution in [3.8, 4) is 0 Å². The molecule has 4 heteroatoms. The maximum atomic E-state index is 12.1. The lowest BCUT2D eigenvalue weighted by Crippen LogP contribution is -2.43. The van der Waals surface area contributed by atoms with Gasteiger partial charge in [0, 0.05) is 25.5 Å². The normalized spacial score (nSPS) is 12.2. The Morgan fingerprint density at radius 2 is 2.06 bits per heavy atom. The van der Waals surface area contributed by atoms with Crippen molar-refractivity contribution < 1.29 is 4.79 Å². The molecule has 0 bridgehead atoms. The Morgan fingerprint density at radius 1 is 1.41 bits per heavy atom. The van der Waals surface area contributed by atoms with E-state index in [2.05, 4.69) is 4.98 Å². The molecule has 1 amide bonds. The molecule has 1 rings (SSSR count). The van der Waals surface area contributed by atoms with E-state index in [1.165, 1.54) is 0 Å². The number of pyridine rings is 1. The molecule has 0 spiro atoms. The van der Waals surface area contributed by atoms with Gasteiger partial charge < -0.3 is 10.6 Å². The highest BCUT2D eigenvalue weighted by molar-refractivity contribution is 5.81. The van der Waals surface area contributed by atoms with Crippen LogP contribution in [0, 0.1) is 0 Å². The van der Waals surface area contributed by atoms with Crippen LogP contribution in [0.15, 0.2) is 24.5 Å². The van der Waals surface area contributed by atoms with Gasteiger partial charge in [0.25, 0.3) is 0 Å². The van der Waals surface area contributed by atoms with Gasteiger partial charge in [0.2, 0.25) is 5.91 Å². The van der Waals surface area contributed by atoms with Gasteiger partial charge in [-0.2, -0.15) is 0 Å². The minimum atomic E-state index is -0.373. The summed E-state index contributed by atoms with van der Waals surface area (Å²) in [5.74, 6) is 0.0335. The number of rotatable bonds is 6. The summed E-state index contributed by atoms with van der Waals surface area (Å²) in [4.78, 5) is 17.8. The number of carbonyl (C=O) groups excluding carboxylic acids is 1. The standard InChI is InChI=1S/C13H21N3O/c1-3-5-12(14)13(17)16(4-2)10-11-6-8-15-9-7-11/h6-9,12H,3-5,10,14H2,1-2H3/t12-/m0/s1. The van der Waals surface area contributed by atoms with Crippen molar-refractivity contribution >= 4 is 5.91 Å². The minimum absolute atomic E-state index is 0.0335. The zero-order valence-corrected chi connectivity index (χ0v) is 10.6. The maximum Gasteiger partial charge on any atom is 0.239 e. The van der Waals surface area contributed by atoms with E-state index in [9.17, 15) is 4.79 Å². The van der Waals surface area contributed by atoms with E-state index in [0.717, 1.165) is 18.4 Å². The van der Waals surface area contributed by atoms with E-state index in [1.807, 2.05) is 26.0 Å². The largest absolute Gasteiger partial charge is 0.337 e. The van der Waals surface area contributed by atoms with Crippen molar-refractivity contribution in [1.29, 1.82) is 0 Å². The fourth-order valence-corrected chi connectivity index (χ4v) is 1.72. The van der Waals surface area contributed by atoms with Crippen LogP contribution in [0.1, 0.15) is 32.3 Å². The van der Waals surface area contributed by atoms with Gasteiger partial charge in [-0.25, -0.2) is 0 Å². The van der Waals surface area contributed by atoms with Crippen LogP contribution in [0.5, 0.6) is 0 Å². The molecule has 0 radical (unpaired) electrons. The number of nitrogens with two attached hydrogens (primary N) is 1. The van der Waals surface area contributed by atoms with Crippen LogP contribution in [0.3, 0.4) is 0 Å². The van der Waals surface area contributed by atoms with Crippen LogP contribution in [0.4, 0.5) is 0 Å². The third-order valence-corrected chi connectivity index (χ3v) is 2.73. The molecule has 0 aliphatic carbocycles. The Balaban J connectivity index is 2.62. The number of hydrogen-bond acceptors (Lipinski definition) is 3. The molecule has 0 aromatic carbocycles. The smallest absolute Gasteiger partial charge is 0.239 e. The van der Waals surface area contributed by atoms with Crippen LogP contribution >= 0.6 is 0 Å². The Hall–Kier alpha value is -1.42. The fourth-order valence-electron chi connectivity index (χ4n) is 1.72. The molecule has 1 heterocycles. The summed E-state index contributed by atoms with van der Waals surface area (Å²) in [6.07, 6.45) is 5.14. The molecule has 17 heavy (non-hydrogen) atoms. The summed E-state index contributed by atoms with van der Waals surface area (Å²) in [6.45, 7) is 5.29. The number of hydrogen-bond donors (Lipinski definition) is 1. The second-order valence-corrected chi connectivity index (χ2v) is 4.10. The van der Waals surface area contributed by atoms with Gasteiger partial charge in [0.05, 0.1) is 6.04 Å². The monoisotopic (exact) mass is 235 g/mol. The van der Waals surface area contributed by atoms with Crippen molar-refractivity contribution in [2.75, 3.05) is 6.54 Å². The summed E-state index contributed by atoms with van der Waals surface area (Å²) in [5.41, 5.74) is 6.94. The zero-order chi connectivity index (χ0) is 12.7. The van der Waals surface area contributed by atoms with Crippen LogP contribution < -0.4 is 5.73 Å². The lowest BCUT2D eigenvalue weighted by molar-refractivity contribution is -0.133. The van der Waals surface area contributed by atoms with E-state index >= 15 is 0 Å². The topological polar surface area (TPSA) is 59.2 Å². The molecular weight excluding hydrogens is 214 g/mol. The second-order valence-electron chi connectivity index (χ2n) is 4.10. The first-order valence-corrected chi connectivity index (χ1v) is 6.12. The Bertz CT molecular complexity index is 340. The van der Waals surface area contributed by atoms with Crippen molar-refractivity contribution in [1.82, 2.24) is 9.88 Å². The molecule has 0 saturated heterocycles.